The van der Waals surface area contributed by atoms with Crippen molar-refractivity contribution in [3.63, 3.8) is 0 Å². The van der Waals surface area contributed by atoms with Gasteiger partial charge in [-0.2, -0.15) is 0 Å². The lowest BCUT2D eigenvalue weighted by Gasteiger charge is -2.24. The van der Waals surface area contributed by atoms with Gasteiger partial charge in [-0.3, -0.25) is 0 Å². The zero-order valence-electron chi connectivity index (χ0n) is 19.9. The lowest BCUT2D eigenvalue weighted by atomic mass is 10.1. The van der Waals surface area contributed by atoms with Crippen molar-refractivity contribution in [2.45, 2.75) is 6.04 Å². The van der Waals surface area contributed by atoms with Crippen LogP contribution in [0.5, 0.6) is 0 Å². The van der Waals surface area contributed by atoms with Crippen LogP contribution in [0.25, 0.3) is 11.1 Å². The molecule has 36 heavy (non-hydrogen) atoms. The van der Waals surface area contributed by atoms with Gasteiger partial charge in [0.05, 0.1) is 0 Å². The van der Waals surface area contributed by atoms with Crippen LogP contribution < -0.4 is 15.9 Å². The molecule has 2 nitrogen and oxygen atoms in total. The highest BCUT2D eigenvalue weighted by molar-refractivity contribution is 7.80. The van der Waals surface area contributed by atoms with E-state index in [-0.39, 0.29) is 6.04 Å². The van der Waals surface area contributed by atoms with E-state index >= 15 is 0 Å². The highest BCUT2D eigenvalue weighted by atomic mass is 31.1. The fourth-order valence-corrected chi connectivity index (χ4v) is 7.34. The number of aliphatic imine (C=N–C) groups is 1. The van der Waals surface area contributed by atoms with Crippen LogP contribution >= 0.6 is 7.92 Å². The largest absolute Gasteiger partial charge is 0.475 e. The molecule has 3 heteroatoms. The van der Waals surface area contributed by atoms with Crippen molar-refractivity contribution in [1.82, 2.24) is 0 Å². The fourth-order valence-electron chi connectivity index (χ4n) is 4.73. The summed E-state index contributed by atoms with van der Waals surface area (Å²) in [6.07, 6.45) is 0. The second kappa shape index (κ2) is 10.3. The van der Waals surface area contributed by atoms with Crippen LogP contribution in [0.15, 0.2) is 145 Å². The Morgan fingerprint density at radius 1 is 0.556 bits per heavy atom. The van der Waals surface area contributed by atoms with Gasteiger partial charge in [0.2, 0.25) is 5.90 Å². The van der Waals surface area contributed by atoms with Crippen LogP contribution in [0.4, 0.5) is 0 Å². The Hall–Kier alpha value is -4.00. The average molecular weight is 484 g/mol. The van der Waals surface area contributed by atoms with E-state index in [2.05, 4.69) is 133 Å². The molecule has 2 atom stereocenters. The molecule has 6 rings (SSSR count). The van der Waals surface area contributed by atoms with E-state index in [0.29, 0.717) is 6.61 Å². The van der Waals surface area contributed by atoms with Gasteiger partial charge >= 0.3 is 0 Å². The number of rotatable bonds is 6. The molecule has 0 aliphatic carbocycles. The molecule has 0 aromatic heterocycles. The quantitative estimate of drug-likeness (QED) is 0.249. The van der Waals surface area contributed by atoms with Crippen LogP contribution in [-0.2, 0) is 4.74 Å². The summed E-state index contributed by atoms with van der Waals surface area (Å²) in [7, 11) is -0.857. The minimum absolute atomic E-state index is 0.0221. The summed E-state index contributed by atoms with van der Waals surface area (Å²) in [6, 6.07) is 49.4. The summed E-state index contributed by atoms with van der Waals surface area (Å²) in [5, 5.41) is 3.90. The Kier molecular flexibility index (Phi) is 6.44. The number of benzene rings is 5. The van der Waals surface area contributed by atoms with Crippen molar-refractivity contribution in [1.29, 1.82) is 0 Å². The molecule has 5 aromatic rings. The Bertz CT molecular complexity index is 1480. The van der Waals surface area contributed by atoms with Gasteiger partial charge in [0, 0.05) is 5.56 Å². The maximum Gasteiger partial charge on any atom is 0.217 e. The Morgan fingerprint density at radius 2 is 1.08 bits per heavy atom. The van der Waals surface area contributed by atoms with E-state index in [1.807, 2.05) is 6.07 Å². The maximum atomic E-state index is 6.24. The van der Waals surface area contributed by atoms with Gasteiger partial charge in [-0.1, -0.05) is 133 Å². The van der Waals surface area contributed by atoms with E-state index in [0.717, 1.165) is 11.5 Å². The second-order valence-electron chi connectivity index (χ2n) is 8.74. The first kappa shape index (κ1) is 22.5. The molecule has 0 saturated carbocycles. The monoisotopic (exact) mass is 483 g/mol. The average Bonchev–Trinajstić information content (AvgIpc) is 3.46. The molecule has 1 heterocycles. The van der Waals surface area contributed by atoms with E-state index in [1.54, 1.807) is 0 Å². The normalized spacial score (nSPS) is 15.7. The van der Waals surface area contributed by atoms with Gasteiger partial charge < -0.3 is 4.74 Å². The molecule has 0 N–H and O–H groups in total. The van der Waals surface area contributed by atoms with Crippen LogP contribution in [0.2, 0.25) is 0 Å². The number of hydrogen-bond acceptors (Lipinski definition) is 2. The summed E-state index contributed by atoms with van der Waals surface area (Å²) in [6.45, 7) is 0.567. The smallest absolute Gasteiger partial charge is 0.217 e. The molecular weight excluding hydrogens is 457 g/mol. The topological polar surface area (TPSA) is 21.6 Å². The van der Waals surface area contributed by atoms with E-state index in [4.69, 9.17) is 9.73 Å². The SMILES string of the molecule is c1ccc(-c2ccccc2[P@](c2ccccc2)c2ccccc2C2=N[C@H](c3ccccc3)CO2)cc1. The molecular formula is C33H26NOP. The standard InChI is InChI=1S/C33H26NOP/c1-4-14-25(15-5-1)28-20-10-12-22-31(28)36(27-18-8-3-9-19-27)32-23-13-11-21-29(32)33-34-30(24-35-33)26-16-6-2-7-17-26/h1-23,30H,24H2/t30-,36-/m0/s1. The molecule has 0 radical (unpaired) electrons. The summed E-state index contributed by atoms with van der Waals surface area (Å²) in [5.41, 5.74) is 4.76. The molecule has 0 amide bonds. The molecule has 5 aromatic carbocycles. The number of nitrogens with zero attached hydrogens (tertiary/aromatic N) is 1. The summed E-state index contributed by atoms with van der Waals surface area (Å²) < 4.78 is 6.24. The third-order valence-corrected chi connectivity index (χ3v) is 9.01. The van der Waals surface area contributed by atoms with Crippen molar-refractivity contribution < 1.29 is 4.74 Å². The molecule has 1 aliphatic heterocycles. The van der Waals surface area contributed by atoms with E-state index < -0.39 is 7.92 Å². The van der Waals surface area contributed by atoms with Crippen LogP contribution in [0, 0.1) is 0 Å². The van der Waals surface area contributed by atoms with Crippen LogP contribution in [0.1, 0.15) is 17.2 Å². The lowest BCUT2D eigenvalue weighted by molar-refractivity contribution is 0.320. The minimum atomic E-state index is -0.857. The predicted molar refractivity (Wildman–Crippen MR) is 152 cm³/mol. The molecule has 0 bridgehead atoms. The first-order chi connectivity index (χ1) is 17.9. The highest BCUT2D eigenvalue weighted by Crippen LogP contribution is 2.39. The summed E-state index contributed by atoms with van der Waals surface area (Å²) in [4.78, 5) is 5.04. The van der Waals surface area contributed by atoms with Gasteiger partial charge in [-0.05, 0) is 46.6 Å². The first-order valence-corrected chi connectivity index (χ1v) is 13.6. The fraction of sp³-hybridized carbons (Fsp3) is 0.0606. The van der Waals surface area contributed by atoms with Gasteiger partial charge in [0.25, 0.3) is 0 Å². The minimum Gasteiger partial charge on any atom is -0.475 e. The molecule has 0 fully saturated rings. The lowest BCUT2D eigenvalue weighted by Crippen LogP contribution is -2.26. The zero-order valence-corrected chi connectivity index (χ0v) is 20.8. The first-order valence-electron chi connectivity index (χ1n) is 12.2. The zero-order chi connectivity index (χ0) is 24.2. The molecule has 0 spiro atoms. The number of ether oxygens (including phenoxy) is 1. The molecule has 0 unspecified atom stereocenters. The molecule has 1 aliphatic rings. The molecule has 0 saturated heterocycles. The van der Waals surface area contributed by atoms with Crippen LogP contribution in [-0.4, -0.2) is 12.5 Å². The Labute approximate surface area is 213 Å². The maximum absolute atomic E-state index is 6.24. The summed E-state index contributed by atoms with van der Waals surface area (Å²) in [5.74, 6) is 0.736. The van der Waals surface area contributed by atoms with E-state index in [1.165, 1.54) is 32.6 Å². The third-order valence-electron chi connectivity index (χ3n) is 6.45. The Morgan fingerprint density at radius 3 is 1.78 bits per heavy atom. The molecule has 174 valence electrons. The second-order valence-corrected chi connectivity index (χ2v) is 10.9. The van der Waals surface area contributed by atoms with Crippen molar-refractivity contribution in [2.75, 3.05) is 6.61 Å². The predicted octanol–water partition coefficient (Wildman–Crippen LogP) is 6.63. The third kappa shape index (κ3) is 4.49. The Balaban J connectivity index is 1.51. The van der Waals surface area contributed by atoms with Crippen molar-refractivity contribution >= 4 is 29.7 Å². The van der Waals surface area contributed by atoms with Crippen molar-refractivity contribution in [2.24, 2.45) is 4.99 Å². The summed E-state index contributed by atoms with van der Waals surface area (Å²) >= 11 is 0. The van der Waals surface area contributed by atoms with Gasteiger partial charge in [-0.15, -0.1) is 0 Å². The van der Waals surface area contributed by atoms with E-state index in [9.17, 15) is 0 Å². The van der Waals surface area contributed by atoms with Crippen LogP contribution in [0.3, 0.4) is 0 Å². The number of hydrogen-bond donors (Lipinski definition) is 0. The van der Waals surface area contributed by atoms with Crippen molar-refractivity contribution in [3.05, 3.63) is 151 Å². The van der Waals surface area contributed by atoms with Gasteiger partial charge in [0.1, 0.15) is 12.6 Å². The van der Waals surface area contributed by atoms with Gasteiger partial charge in [0.15, 0.2) is 0 Å². The van der Waals surface area contributed by atoms with Gasteiger partial charge in [-0.25, -0.2) is 4.99 Å². The van der Waals surface area contributed by atoms with Crippen molar-refractivity contribution in [3.8, 4) is 11.1 Å². The highest BCUT2D eigenvalue weighted by Gasteiger charge is 2.28.